The zero-order valence-electron chi connectivity index (χ0n) is 25.5. The van der Waals surface area contributed by atoms with Gasteiger partial charge in [-0.3, -0.25) is 4.90 Å². The molecule has 0 unspecified atom stereocenters. The second kappa shape index (κ2) is 14.0. The molecule has 2 aliphatic heterocycles. The molecule has 2 aliphatic rings. The molecule has 1 saturated heterocycles. The van der Waals surface area contributed by atoms with Crippen LogP contribution in [0.15, 0.2) is 103 Å². The zero-order valence-corrected chi connectivity index (χ0v) is 27.5. The van der Waals surface area contributed by atoms with Crippen LogP contribution in [0.25, 0.3) is 0 Å². The van der Waals surface area contributed by atoms with E-state index in [0.29, 0.717) is 26.2 Å². The maximum Gasteiger partial charge on any atom is 1.00 e. The van der Waals surface area contributed by atoms with Gasteiger partial charge in [0.05, 0.1) is 18.7 Å². The van der Waals surface area contributed by atoms with E-state index in [0.717, 1.165) is 22.4 Å². The number of carbonyl (C=O) groups excluding carboxylic acids is 2. The van der Waals surface area contributed by atoms with E-state index in [9.17, 15) is 14.7 Å². The third-order valence-electron chi connectivity index (χ3n) is 7.86. The van der Waals surface area contributed by atoms with Crippen LogP contribution in [0.2, 0.25) is 0 Å². The van der Waals surface area contributed by atoms with Crippen LogP contribution >= 0.6 is 0 Å². The molecule has 220 valence electrons. The molecule has 3 aromatic carbocycles. The first-order valence-electron chi connectivity index (χ1n) is 14.5. The molecule has 0 aromatic heterocycles. The molecule has 3 aromatic rings. The Labute approximate surface area is 276 Å². The standard InChI is InChI=1S/C34H40N4O4.Na/c1-33(2,3)42-32(41)36-28-19-20-37(22-28)30(31(39)40)21-29-23-38(24-35-29)34(25-13-7-4-8-14-25,26-15-9-5-10-16-26)27-17-11-6-12-18-27;/h4-18,23,28,30,35H,19-22,24H2,1-3H3,(H,36,41)(H,39,40);/q;+1/p-1/t28-,30-;/m0./s1. The molecular formula is C34H39N4NaO4. The van der Waals surface area contributed by atoms with Gasteiger partial charge >= 0.3 is 35.7 Å². The van der Waals surface area contributed by atoms with E-state index in [4.69, 9.17) is 4.74 Å². The van der Waals surface area contributed by atoms with E-state index in [1.807, 2.05) is 80.3 Å². The monoisotopic (exact) mass is 590 g/mol. The van der Waals surface area contributed by atoms with Gasteiger partial charge in [0.1, 0.15) is 11.1 Å². The van der Waals surface area contributed by atoms with Gasteiger partial charge in [-0.15, -0.1) is 0 Å². The summed E-state index contributed by atoms with van der Waals surface area (Å²) in [5, 5.41) is 18.8. The number of hydrogen-bond acceptors (Lipinski definition) is 7. The normalized spacial score (nSPS) is 17.8. The Hall–Kier alpha value is -3.30. The fourth-order valence-corrected chi connectivity index (χ4v) is 6.07. The SMILES string of the molecule is CC(C)(C)OC(=O)N[C@H]1CCN([C@@H](CC2=CN(C(c3ccccc3)(c3ccccc3)c3ccccc3)CN2)C(=O)[O-])C1.[Na+]. The van der Waals surface area contributed by atoms with Gasteiger partial charge in [0.25, 0.3) is 0 Å². The van der Waals surface area contributed by atoms with Crippen molar-refractivity contribution in [3.8, 4) is 0 Å². The fraction of sp³-hybridized carbons (Fsp3) is 0.353. The number of likely N-dealkylation sites (tertiary alicyclic amines) is 1. The van der Waals surface area contributed by atoms with Crippen molar-refractivity contribution in [1.29, 1.82) is 0 Å². The Morgan fingerprint density at radius 3 is 1.91 bits per heavy atom. The van der Waals surface area contributed by atoms with Crippen molar-refractivity contribution in [2.24, 2.45) is 0 Å². The molecule has 5 rings (SSSR count). The summed E-state index contributed by atoms with van der Waals surface area (Å²) in [6, 6.07) is 30.1. The number of carbonyl (C=O) groups is 2. The van der Waals surface area contributed by atoms with Crippen molar-refractivity contribution < 1.29 is 49.0 Å². The van der Waals surface area contributed by atoms with Gasteiger partial charge in [-0.2, -0.15) is 0 Å². The van der Waals surface area contributed by atoms with E-state index in [1.165, 1.54) is 0 Å². The second-order valence-electron chi connectivity index (χ2n) is 11.9. The van der Waals surface area contributed by atoms with Crippen molar-refractivity contribution in [2.45, 2.75) is 56.8 Å². The van der Waals surface area contributed by atoms with Gasteiger partial charge in [-0.25, -0.2) is 4.79 Å². The maximum absolute atomic E-state index is 12.4. The van der Waals surface area contributed by atoms with Crippen LogP contribution in [-0.4, -0.2) is 59.3 Å². The number of alkyl carbamates (subject to hydrolysis) is 1. The first-order valence-corrected chi connectivity index (χ1v) is 14.5. The van der Waals surface area contributed by atoms with Crippen molar-refractivity contribution in [3.63, 3.8) is 0 Å². The van der Waals surface area contributed by atoms with Crippen LogP contribution in [0.1, 0.15) is 50.3 Å². The number of benzene rings is 3. The molecule has 0 aliphatic carbocycles. The molecule has 2 atom stereocenters. The average molecular weight is 591 g/mol. The third kappa shape index (κ3) is 7.44. The number of amides is 1. The van der Waals surface area contributed by atoms with Gasteiger partial charge in [0, 0.05) is 37.4 Å². The van der Waals surface area contributed by atoms with E-state index in [-0.39, 0.29) is 42.0 Å². The molecule has 9 heteroatoms. The minimum atomic E-state index is -1.13. The first-order chi connectivity index (χ1) is 20.2. The summed E-state index contributed by atoms with van der Waals surface area (Å²) in [6.07, 6.45) is 2.46. The number of aliphatic carboxylic acids is 1. The van der Waals surface area contributed by atoms with Gasteiger partial charge < -0.3 is 30.2 Å². The van der Waals surface area contributed by atoms with Crippen LogP contribution < -0.4 is 45.3 Å². The van der Waals surface area contributed by atoms with E-state index in [1.54, 1.807) is 0 Å². The molecule has 0 bridgehead atoms. The van der Waals surface area contributed by atoms with Crippen molar-refractivity contribution >= 4 is 12.1 Å². The van der Waals surface area contributed by atoms with Crippen LogP contribution in [0.4, 0.5) is 4.79 Å². The predicted octanol–water partition coefficient (Wildman–Crippen LogP) is 0.794. The third-order valence-corrected chi connectivity index (χ3v) is 7.86. The number of nitrogens with zero attached hydrogens (tertiary/aromatic N) is 2. The molecule has 0 radical (unpaired) electrons. The Morgan fingerprint density at radius 2 is 1.44 bits per heavy atom. The molecule has 2 heterocycles. The van der Waals surface area contributed by atoms with Crippen LogP contribution in [0.3, 0.4) is 0 Å². The minimum Gasteiger partial charge on any atom is -0.548 e. The largest absolute Gasteiger partial charge is 1.00 e. The van der Waals surface area contributed by atoms with Crippen molar-refractivity contribution in [2.75, 3.05) is 19.8 Å². The van der Waals surface area contributed by atoms with E-state index >= 15 is 0 Å². The number of hydrogen-bond donors (Lipinski definition) is 2. The van der Waals surface area contributed by atoms with E-state index in [2.05, 4.69) is 58.1 Å². The van der Waals surface area contributed by atoms with Crippen LogP contribution in [0, 0.1) is 0 Å². The van der Waals surface area contributed by atoms with E-state index < -0.39 is 29.2 Å². The number of carboxylic acid groups (broad SMARTS) is 1. The Kier molecular flexibility index (Phi) is 10.6. The second-order valence-corrected chi connectivity index (χ2v) is 11.9. The Bertz CT molecular complexity index is 1300. The zero-order chi connectivity index (χ0) is 29.7. The topological polar surface area (TPSA) is 97.0 Å². The summed E-state index contributed by atoms with van der Waals surface area (Å²) in [6.45, 7) is 6.89. The minimum absolute atomic E-state index is 0. The molecule has 1 amide bonds. The van der Waals surface area contributed by atoms with Gasteiger partial charge in [-0.05, 0) is 43.9 Å². The average Bonchev–Trinajstić information content (AvgIpc) is 3.63. The smallest absolute Gasteiger partial charge is 0.548 e. The van der Waals surface area contributed by atoms with Crippen LogP contribution in [0.5, 0.6) is 0 Å². The number of nitrogens with one attached hydrogen (secondary N) is 2. The van der Waals surface area contributed by atoms with Crippen molar-refractivity contribution in [3.05, 3.63) is 120 Å². The molecule has 1 fully saturated rings. The summed E-state index contributed by atoms with van der Waals surface area (Å²) < 4.78 is 5.38. The van der Waals surface area contributed by atoms with Gasteiger partial charge in [-0.1, -0.05) is 91.0 Å². The molecule has 2 N–H and O–H groups in total. The molecule has 43 heavy (non-hydrogen) atoms. The Morgan fingerprint density at radius 1 is 0.930 bits per heavy atom. The predicted molar refractivity (Wildman–Crippen MR) is 160 cm³/mol. The quantitative estimate of drug-likeness (QED) is 0.281. The number of carboxylic acids is 1. The first kappa shape index (κ1) is 32.6. The molecule has 0 spiro atoms. The number of ether oxygens (including phenoxy) is 1. The fourth-order valence-electron chi connectivity index (χ4n) is 6.07. The molecule has 0 saturated carbocycles. The summed E-state index contributed by atoms with van der Waals surface area (Å²) in [5.41, 5.74) is 2.89. The summed E-state index contributed by atoms with van der Waals surface area (Å²) >= 11 is 0. The summed E-state index contributed by atoms with van der Waals surface area (Å²) in [4.78, 5) is 28.8. The molecule has 8 nitrogen and oxygen atoms in total. The number of rotatable bonds is 9. The van der Waals surface area contributed by atoms with Crippen molar-refractivity contribution in [1.82, 2.24) is 20.4 Å². The van der Waals surface area contributed by atoms with Crippen LogP contribution in [-0.2, 0) is 15.1 Å². The maximum atomic E-state index is 12.4. The summed E-state index contributed by atoms with van der Waals surface area (Å²) in [5.74, 6) is -1.13. The summed E-state index contributed by atoms with van der Waals surface area (Å²) in [7, 11) is 0. The van der Waals surface area contributed by atoms with Gasteiger partial charge in [0.2, 0.25) is 0 Å². The molecular weight excluding hydrogens is 551 g/mol. The van der Waals surface area contributed by atoms with Gasteiger partial charge in [0.15, 0.2) is 0 Å². The Balaban J connectivity index is 0.00000423.